The second-order valence-electron chi connectivity index (χ2n) is 8.76. The van der Waals surface area contributed by atoms with Crippen molar-refractivity contribution in [2.24, 2.45) is 0 Å². The number of benzene rings is 1. The maximum absolute atomic E-state index is 13.4. The third-order valence-electron chi connectivity index (χ3n) is 5.66. The summed E-state index contributed by atoms with van der Waals surface area (Å²) >= 11 is 1.74. The summed E-state index contributed by atoms with van der Waals surface area (Å²) in [6.45, 7) is 11.6. The smallest absolute Gasteiger partial charge is 0.318 e. The molecule has 0 saturated heterocycles. The number of hydrogen-bond acceptors (Lipinski definition) is 4. The molecule has 3 rings (SSSR count). The molecule has 1 aromatic heterocycles. The van der Waals surface area contributed by atoms with Crippen molar-refractivity contribution < 1.29 is 14.3 Å². The number of thiophene rings is 1. The van der Waals surface area contributed by atoms with Crippen LogP contribution in [0.3, 0.4) is 0 Å². The van der Waals surface area contributed by atoms with Crippen molar-refractivity contribution in [1.82, 2.24) is 15.1 Å². The number of hydrogen-bond donors (Lipinski definition) is 1. The van der Waals surface area contributed by atoms with Crippen LogP contribution in [-0.4, -0.2) is 54.0 Å². The lowest BCUT2D eigenvalue weighted by molar-refractivity contribution is -0.135. The van der Waals surface area contributed by atoms with Gasteiger partial charge in [0.15, 0.2) is 0 Å². The Hall–Kier alpha value is -2.54. The maximum Gasteiger partial charge on any atom is 0.318 e. The van der Waals surface area contributed by atoms with E-state index in [0.717, 1.165) is 29.7 Å². The highest BCUT2D eigenvalue weighted by Gasteiger charge is 2.33. The first-order valence-electron chi connectivity index (χ1n) is 11.4. The van der Waals surface area contributed by atoms with Gasteiger partial charge in [-0.1, -0.05) is 24.6 Å². The largest absolute Gasteiger partial charge is 0.491 e. The molecule has 2 aromatic rings. The summed E-state index contributed by atoms with van der Waals surface area (Å²) in [5, 5.41) is 4.99. The van der Waals surface area contributed by atoms with Gasteiger partial charge in [0.25, 0.3) is 0 Å². The molecule has 3 amide bonds. The van der Waals surface area contributed by atoms with Gasteiger partial charge >= 0.3 is 6.03 Å². The van der Waals surface area contributed by atoms with Crippen molar-refractivity contribution in [2.75, 3.05) is 26.2 Å². The third kappa shape index (κ3) is 5.82. The van der Waals surface area contributed by atoms with Gasteiger partial charge in [-0.2, -0.15) is 0 Å². The number of fused-ring (bicyclic) bond motifs is 1. The monoisotopic (exact) mass is 457 g/mol. The van der Waals surface area contributed by atoms with E-state index in [4.69, 9.17) is 4.74 Å². The Morgan fingerprint density at radius 2 is 2.06 bits per heavy atom. The van der Waals surface area contributed by atoms with Gasteiger partial charge in [0.2, 0.25) is 5.91 Å². The van der Waals surface area contributed by atoms with Crippen LogP contribution in [0.2, 0.25) is 0 Å². The highest BCUT2D eigenvalue weighted by atomic mass is 32.1. The van der Waals surface area contributed by atoms with E-state index in [1.165, 1.54) is 10.4 Å². The fourth-order valence-corrected chi connectivity index (χ4v) is 5.05. The quantitative estimate of drug-likeness (QED) is 0.625. The minimum Gasteiger partial charge on any atom is -0.491 e. The molecule has 2 heterocycles. The van der Waals surface area contributed by atoms with Gasteiger partial charge in [0.1, 0.15) is 18.9 Å². The van der Waals surface area contributed by atoms with Crippen molar-refractivity contribution in [3.63, 3.8) is 0 Å². The van der Waals surface area contributed by atoms with E-state index in [2.05, 4.69) is 29.8 Å². The molecule has 0 bridgehead atoms. The van der Waals surface area contributed by atoms with E-state index in [1.54, 1.807) is 16.2 Å². The molecule has 0 aliphatic carbocycles. The summed E-state index contributed by atoms with van der Waals surface area (Å²) in [7, 11) is 0. The average Bonchev–Trinajstić information content (AvgIpc) is 3.21. The molecule has 0 unspecified atom stereocenters. The van der Waals surface area contributed by atoms with Crippen molar-refractivity contribution in [3.05, 3.63) is 51.2 Å². The fourth-order valence-electron chi connectivity index (χ4n) is 4.12. The Bertz CT molecular complexity index is 940. The van der Waals surface area contributed by atoms with Crippen molar-refractivity contribution in [3.8, 4) is 5.75 Å². The van der Waals surface area contributed by atoms with E-state index in [-0.39, 0.29) is 30.6 Å². The van der Waals surface area contributed by atoms with Crippen LogP contribution in [0.1, 0.15) is 54.8 Å². The molecule has 6 nitrogen and oxygen atoms in total. The van der Waals surface area contributed by atoms with Gasteiger partial charge in [0.05, 0.1) is 6.04 Å². The van der Waals surface area contributed by atoms with Gasteiger partial charge in [-0.25, -0.2) is 4.79 Å². The van der Waals surface area contributed by atoms with Crippen LogP contribution in [0.15, 0.2) is 29.6 Å². The van der Waals surface area contributed by atoms with E-state index in [1.807, 2.05) is 44.7 Å². The molecule has 0 spiro atoms. The molecule has 174 valence electrons. The van der Waals surface area contributed by atoms with Crippen molar-refractivity contribution in [2.45, 2.75) is 59.5 Å². The zero-order valence-electron chi connectivity index (χ0n) is 19.8. The lowest BCUT2D eigenvalue weighted by Gasteiger charge is -2.37. The van der Waals surface area contributed by atoms with Crippen LogP contribution in [0.25, 0.3) is 0 Å². The minimum atomic E-state index is -0.188. The second-order valence-corrected chi connectivity index (χ2v) is 9.76. The van der Waals surface area contributed by atoms with E-state index >= 15 is 0 Å². The lowest BCUT2D eigenvalue weighted by atomic mass is 10.00. The molecular weight excluding hydrogens is 422 g/mol. The lowest BCUT2D eigenvalue weighted by Crippen LogP contribution is -2.50. The predicted octanol–water partition coefficient (Wildman–Crippen LogP) is 4.70. The number of nitrogens with one attached hydrogen (secondary N) is 1. The summed E-state index contributed by atoms with van der Waals surface area (Å²) < 4.78 is 6.21. The molecule has 1 aromatic carbocycles. The zero-order valence-corrected chi connectivity index (χ0v) is 20.6. The van der Waals surface area contributed by atoms with Gasteiger partial charge < -0.3 is 19.9 Å². The molecular formula is C25H35N3O3S. The average molecular weight is 458 g/mol. The number of ether oxygens (including phenoxy) is 1. The number of carbonyl (C=O) groups excluding carboxylic acids is 2. The van der Waals surface area contributed by atoms with E-state index in [9.17, 15) is 9.59 Å². The summed E-state index contributed by atoms with van der Waals surface area (Å²) in [5.74, 6) is 0.803. The van der Waals surface area contributed by atoms with Crippen LogP contribution in [0.5, 0.6) is 5.75 Å². The Morgan fingerprint density at radius 1 is 1.28 bits per heavy atom. The van der Waals surface area contributed by atoms with Gasteiger partial charge in [-0.05, 0) is 69.2 Å². The topological polar surface area (TPSA) is 61.9 Å². The molecule has 1 atom stereocenters. The number of nitrogens with zero attached hydrogens (tertiary/aromatic N) is 2. The number of carbonyl (C=O) groups is 2. The first kappa shape index (κ1) is 24.1. The van der Waals surface area contributed by atoms with Crippen LogP contribution in [-0.2, 0) is 11.2 Å². The molecule has 7 heteroatoms. The molecule has 0 radical (unpaired) electrons. The fraction of sp³-hybridized carbons (Fsp3) is 0.520. The number of aryl methyl sites for hydroxylation is 2. The van der Waals surface area contributed by atoms with Crippen molar-refractivity contribution in [1.29, 1.82) is 0 Å². The van der Waals surface area contributed by atoms with Crippen LogP contribution < -0.4 is 10.1 Å². The minimum absolute atomic E-state index is 0.0270. The van der Waals surface area contributed by atoms with Crippen molar-refractivity contribution >= 4 is 23.3 Å². The van der Waals surface area contributed by atoms with Gasteiger partial charge in [-0.15, -0.1) is 11.3 Å². The summed E-state index contributed by atoms with van der Waals surface area (Å²) in [4.78, 5) is 30.8. The predicted molar refractivity (Wildman–Crippen MR) is 129 cm³/mol. The van der Waals surface area contributed by atoms with Gasteiger partial charge in [-0.3, -0.25) is 4.79 Å². The molecule has 1 aliphatic heterocycles. The first-order valence-corrected chi connectivity index (χ1v) is 12.3. The van der Waals surface area contributed by atoms with E-state index < -0.39 is 0 Å². The molecule has 1 N–H and O–H groups in total. The Kier molecular flexibility index (Phi) is 8.18. The molecule has 1 aliphatic rings. The highest BCUT2D eigenvalue weighted by molar-refractivity contribution is 7.10. The molecule has 32 heavy (non-hydrogen) atoms. The van der Waals surface area contributed by atoms with Crippen LogP contribution in [0.4, 0.5) is 4.79 Å². The number of urea groups is 1. The summed E-state index contributed by atoms with van der Waals surface area (Å²) in [6.07, 6.45) is 1.64. The second kappa shape index (κ2) is 10.9. The standard InChI is InChI=1S/C25H35N3O3S/c1-6-11-27(25(30)26-17(2)3)15-24(29)28-12-9-23-20(10-13-32-23)21(28)16-31-22-8-7-18(4)14-19(22)5/h7-8,10,13-14,17,21H,6,9,11-12,15-16H2,1-5H3,(H,26,30)/t21-/m1/s1. The van der Waals surface area contributed by atoms with E-state index in [0.29, 0.717) is 19.7 Å². The normalized spacial score (nSPS) is 15.4. The van der Waals surface area contributed by atoms with Gasteiger partial charge in [0, 0.05) is 24.0 Å². The molecule has 0 saturated carbocycles. The Balaban J connectivity index is 1.77. The summed E-state index contributed by atoms with van der Waals surface area (Å²) in [5.41, 5.74) is 3.44. The third-order valence-corrected chi connectivity index (χ3v) is 6.66. The maximum atomic E-state index is 13.4. The Morgan fingerprint density at radius 3 is 2.75 bits per heavy atom. The summed E-state index contributed by atoms with van der Waals surface area (Å²) in [6, 6.07) is 7.92. The number of rotatable bonds is 8. The highest BCUT2D eigenvalue weighted by Crippen LogP contribution is 2.34. The number of amides is 3. The first-order chi connectivity index (χ1) is 15.3. The Labute approximate surface area is 195 Å². The SMILES string of the molecule is CCCN(CC(=O)N1CCc2sccc2[C@H]1COc1ccc(C)cc1C)C(=O)NC(C)C. The van der Waals surface area contributed by atoms with Crippen LogP contribution >= 0.6 is 11.3 Å². The van der Waals surface area contributed by atoms with Crippen LogP contribution in [0, 0.1) is 13.8 Å². The molecule has 0 fully saturated rings. The zero-order chi connectivity index (χ0) is 23.3.